The predicted molar refractivity (Wildman–Crippen MR) is 185 cm³/mol. The van der Waals surface area contributed by atoms with Gasteiger partial charge in [0, 0.05) is 50.2 Å². The molecule has 256 valence electrons. The maximum atomic E-state index is 12.0. The number of rotatable bonds is 16. The molecule has 0 saturated carbocycles. The summed E-state index contributed by atoms with van der Waals surface area (Å²) in [6, 6.07) is 11.5. The van der Waals surface area contributed by atoms with Gasteiger partial charge in [-0.15, -0.1) is 0 Å². The van der Waals surface area contributed by atoms with Gasteiger partial charge in [-0.1, -0.05) is 78.3 Å². The zero-order chi connectivity index (χ0) is 34.6. The molecule has 9 heteroatoms. The summed E-state index contributed by atoms with van der Waals surface area (Å²) in [6.07, 6.45) is 6.52. The minimum atomic E-state index is -2.68. The Hall–Kier alpha value is -3.01. The summed E-state index contributed by atoms with van der Waals surface area (Å²) in [5.74, 6) is 0.838. The lowest BCUT2D eigenvalue weighted by Crippen LogP contribution is -2.19. The Morgan fingerprint density at radius 2 is 1.73 bits per heavy atom. The van der Waals surface area contributed by atoms with Gasteiger partial charge in [0.1, 0.15) is 5.75 Å². The summed E-state index contributed by atoms with van der Waals surface area (Å²) in [7, 11) is 1.65. The number of aryl methyl sites for hydroxylation is 1. The maximum absolute atomic E-state index is 12.0. The number of phenolic OH excluding ortho intramolecular Hbond substituents is 1. The number of aromatic hydroxyl groups is 1. The number of carbonyl (C=O) groups is 1. The Morgan fingerprint density at radius 3 is 2.24 bits per heavy atom. The number of methoxy groups -OCH3 is 1. The number of hydrogen-bond acceptors (Lipinski definition) is 7. The number of carbonyl (C=O) groups excluding carboxylic acids is 1. The van der Waals surface area contributed by atoms with Crippen LogP contribution in [0, 0.1) is 12.8 Å². The van der Waals surface area contributed by atoms with Gasteiger partial charge in [0.2, 0.25) is 0 Å². The lowest BCUT2D eigenvalue weighted by Gasteiger charge is -2.15. The first-order chi connectivity index (χ1) is 21.6. The van der Waals surface area contributed by atoms with Crippen LogP contribution in [0.2, 0.25) is 0 Å². The second-order valence-corrected chi connectivity index (χ2v) is 10.1. The molecule has 45 heavy (non-hydrogen) atoms. The SMILES string of the molecule is C/C=N\N=C/C(C)CC.CC.CCC(=O)c1cc(CNCCOC)cc(O)c1CC.CCC(Cc1cccc(C)c1)OC(F)F. The van der Waals surface area contributed by atoms with E-state index in [1.165, 1.54) is 0 Å². The van der Waals surface area contributed by atoms with Crippen LogP contribution in [-0.4, -0.2) is 56.3 Å². The van der Waals surface area contributed by atoms with Crippen molar-refractivity contribution >= 4 is 18.2 Å². The van der Waals surface area contributed by atoms with Crippen LogP contribution in [-0.2, 0) is 28.9 Å². The van der Waals surface area contributed by atoms with Gasteiger partial charge in [-0.25, -0.2) is 0 Å². The molecule has 0 radical (unpaired) electrons. The lowest BCUT2D eigenvalue weighted by molar-refractivity contribution is -0.162. The number of ether oxygens (including phenoxy) is 2. The average molecular weight is 636 g/mol. The molecule has 2 rings (SSSR count). The van der Waals surface area contributed by atoms with E-state index in [0.717, 1.165) is 35.2 Å². The van der Waals surface area contributed by atoms with Crippen LogP contribution in [0.1, 0.15) is 107 Å². The minimum Gasteiger partial charge on any atom is -0.508 e. The van der Waals surface area contributed by atoms with E-state index in [-0.39, 0.29) is 11.5 Å². The highest BCUT2D eigenvalue weighted by Crippen LogP contribution is 2.25. The summed E-state index contributed by atoms with van der Waals surface area (Å²) < 4.78 is 33.5. The number of ketones is 1. The third-order valence-corrected chi connectivity index (χ3v) is 6.52. The molecule has 0 aliphatic carbocycles. The van der Waals surface area contributed by atoms with E-state index in [1.807, 2.05) is 85.0 Å². The highest BCUT2D eigenvalue weighted by Gasteiger charge is 2.15. The Labute approximate surface area is 271 Å². The van der Waals surface area contributed by atoms with Crippen LogP contribution in [0.3, 0.4) is 0 Å². The van der Waals surface area contributed by atoms with Gasteiger partial charge in [0.15, 0.2) is 5.78 Å². The third kappa shape index (κ3) is 21.4. The van der Waals surface area contributed by atoms with Crippen LogP contribution >= 0.6 is 0 Å². The first-order valence-corrected chi connectivity index (χ1v) is 16.1. The fourth-order valence-corrected chi connectivity index (χ4v) is 3.90. The predicted octanol–water partition coefficient (Wildman–Crippen LogP) is 8.97. The number of nitrogens with one attached hydrogen (secondary N) is 1. The molecular weight excluding hydrogens is 576 g/mol. The van der Waals surface area contributed by atoms with Crippen molar-refractivity contribution in [2.24, 2.45) is 16.1 Å². The molecule has 2 aromatic carbocycles. The van der Waals surface area contributed by atoms with Crippen molar-refractivity contribution < 1.29 is 28.2 Å². The minimum absolute atomic E-state index is 0.0749. The van der Waals surface area contributed by atoms with E-state index >= 15 is 0 Å². The molecule has 2 unspecified atom stereocenters. The zero-order valence-electron chi connectivity index (χ0n) is 29.3. The lowest BCUT2D eigenvalue weighted by atomic mass is 9.96. The third-order valence-electron chi connectivity index (χ3n) is 6.52. The van der Waals surface area contributed by atoms with Crippen molar-refractivity contribution in [1.29, 1.82) is 0 Å². The van der Waals surface area contributed by atoms with E-state index in [0.29, 0.717) is 50.3 Å². The molecule has 7 nitrogen and oxygen atoms in total. The van der Waals surface area contributed by atoms with Gasteiger partial charge >= 0.3 is 6.61 Å². The largest absolute Gasteiger partial charge is 0.508 e. The number of alkyl halides is 2. The second kappa shape index (κ2) is 28.5. The Balaban J connectivity index is 0. The first kappa shape index (κ1) is 44.1. The molecule has 0 bridgehead atoms. The van der Waals surface area contributed by atoms with Crippen molar-refractivity contribution in [3.63, 3.8) is 0 Å². The van der Waals surface area contributed by atoms with E-state index < -0.39 is 12.7 Å². The number of nitrogens with zero attached hydrogens (tertiary/aromatic N) is 2. The Kier molecular flexibility index (Phi) is 27.9. The van der Waals surface area contributed by atoms with Crippen molar-refractivity contribution in [2.45, 2.75) is 114 Å². The summed E-state index contributed by atoms with van der Waals surface area (Å²) >= 11 is 0. The quantitative estimate of drug-likeness (QED) is 0.0831. The standard InChI is InChI=1S/C15H23NO3.C12H16F2O.C7H14N2.C2H6/c1-4-12-13(14(17)5-2)8-11(9-15(12)18)10-16-6-7-19-3;1-3-11(15-12(13)14)8-10-6-4-5-9(2)7-10;1-4-7(3)6-9-8-5-2;1-2/h8-9,16,18H,4-7,10H2,1-3H3;4-7,11-12H,3,8H2,1-2H3;5-7H,4H2,1-3H3;1-2H3/b;;8-5-,9-6-;. The van der Waals surface area contributed by atoms with Gasteiger partial charge < -0.3 is 19.9 Å². The van der Waals surface area contributed by atoms with Crippen LogP contribution in [0.15, 0.2) is 46.6 Å². The van der Waals surface area contributed by atoms with E-state index in [1.54, 1.807) is 19.4 Å². The van der Waals surface area contributed by atoms with Gasteiger partial charge in [0.25, 0.3) is 0 Å². The molecule has 0 aliphatic heterocycles. The van der Waals surface area contributed by atoms with Crippen LogP contribution in [0.5, 0.6) is 5.75 Å². The molecule has 0 aliphatic rings. The molecule has 0 fully saturated rings. The molecule has 2 N–H and O–H groups in total. The number of Topliss-reactive ketones (excluding diaryl/α,β-unsaturated/α-hetero) is 1. The number of phenols is 1. The molecule has 2 aromatic rings. The summed E-state index contributed by atoms with van der Waals surface area (Å²) in [5.41, 5.74) is 4.49. The number of hydrogen-bond donors (Lipinski definition) is 2. The van der Waals surface area contributed by atoms with Gasteiger partial charge in [-0.2, -0.15) is 19.0 Å². The van der Waals surface area contributed by atoms with Crippen LogP contribution < -0.4 is 5.32 Å². The van der Waals surface area contributed by atoms with E-state index in [9.17, 15) is 18.7 Å². The summed E-state index contributed by atoms with van der Waals surface area (Å²) in [5, 5.41) is 20.7. The second-order valence-electron chi connectivity index (χ2n) is 10.1. The van der Waals surface area contributed by atoms with E-state index in [2.05, 4.69) is 34.1 Å². The highest BCUT2D eigenvalue weighted by atomic mass is 19.3. The Morgan fingerprint density at radius 1 is 1.04 bits per heavy atom. The normalized spacial score (nSPS) is 12.1. The average Bonchev–Trinajstić information content (AvgIpc) is 3.03. The molecule has 0 amide bonds. The number of benzene rings is 2. The zero-order valence-corrected chi connectivity index (χ0v) is 29.3. The van der Waals surface area contributed by atoms with Crippen LogP contribution in [0.4, 0.5) is 8.78 Å². The molecule has 0 spiro atoms. The molecule has 0 saturated heterocycles. The van der Waals surface area contributed by atoms with Crippen molar-refractivity contribution in [3.05, 3.63) is 64.2 Å². The topological polar surface area (TPSA) is 92.5 Å². The molecule has 0 aromatic heterocycles. The van der Waals surface area contributed by atoms with Gasteiger partial charge in [-0.05, 0) is 68.7 Å². The maximum Gasteiger partial charge on any atom is 0.345 e. The van der Waals surface area contributed by atoms with Crippen LogP contribution in [0.25, 0.3) is 0 Å². The highest BCUT2D eigenvalue weighted by molar-refractivity contribution is 5.98. The van der Waals surface area contributed by atoms with Gasteiger partial charge in [-0.3, -0.25) is 4.79 Å². The molecule has 0 heterocycles. The van der Waals surface area contributed by atoms with Crippen molar-refractivity contribution in [1.82, 2.24) is 5.32 Å². The van der Waals surface area contributed by atoms with Crippen molar-refractivity contribution in [2.75, 3.05) is 20.3 Å². The monoisotopic (exact) mass is 635 g/mol. The fourth-order valence-electron chi connectivity index (χ4n) is 3.90. The molecule has 2 atom stereocenters. The van der Waals surface area contributed by atoms with E-state index in [4.69, 9.17) is 4.74 Å². The first-order valence-electron chi connectivity index (χ1n) is 16.1. The van der Waals surface area contributed by atoms with Crippen molar-refractivity contribution in [3.8, 4) is 5.75 Å². The Bertz CT molecular complexity index is 1090. The fraction of sp³-hybridized carbons (Fsp3) is 0.583. The number of halogens is 2. The summed E-state index contributed by atoms with van der Waals surface area (Å²) in [4.78, 5) is 11.9. The smallest absolute Gasteiger partial charge is 0.345 e. The van der Waals surface area contributed by atoms with Gasteiger partial charge in [0.05, 0.1) is 12.7 Å². The molecular formula is C36H59F2N3O4. The summed E-state index contributed by atoms with van der Waals surface area (Å²) in [6.45, 7) is 17.0.